The number of benzene rings is 1. The Hall–Kier alpha value is -2.89. The van der Waals surface area contributed by atoms with Crippen molar-refractivity contribution in [1.29, 1.82) is 0 Å². The number of anilines is 1. The second-order valence-electron chi connectivity index (χ2n) is 4.51. The molecule has 6 heteroatoms. The van der Waals surface area contributed by atoms with Crippen LogP contribution in [0.2, 0.25) is 0 Å². The average Bonchev–Trinajstić information content (AvgIpc) is 2.56. The molecule has 0 aliphatic carbocycles. The molecular weight excluding hydrogens is 284 g/mol. The van der Waals surface area contributed by atoms with Gasteiger partial charge in [-0.15, -0.1) is 0 Å². The molecular formula is C16H16N2O4. The van der Waals surface area contributed by atoms with E-state index in [1.807, 2.05) is 0 Å². The minimum Gasteiger partial charge on any atom is -0.497 e. The lowest BCUT2D eigenvalue weighted by Gasteiger charge is -2.13. The van der Waals surface area contributed by atoms with Gasteiger partial charge in [-0.2, -0.15) is 0 Å². The molecule has 0 spiro atoms. The number of hydrogen-bond donors (Lipinski definition) is 1. The van der Waals surface area contributed by atoms with Gasteiger partial charge in [0.15, 0.2) is 6.10 Å². The first-order valence-corrected chi connectivity index (χ1v) is 6.66. The van der Waals surface area contributed by atoms with Gasteiger partial charge in [-0.1, -0.05) is 0 Å². The average molecular weight is 300 g/mol. The number of nitrogens with one attached hydrogen (secondary N) is 1. The Morgan fingerprint density at radius 2 is 1.91 bits per heavy atom. The van der Waals surface area contributed by atoms with E-state index < -0.39 is 18.0 Å². The fourth-order valence-corrected chi connectivity index (χ4v) is 1.68. The SMILES string of the molecule is COc1ccc(NC(=O)C(C)OC(=O)c2cccnc2)cc1. The monoisotopic (exact) mass is 300 g/mol. The highest BCUT2D eigenvalue weighted by molar-refractivity contribution is 5.97. The maximum Gasteiger partial charge on any atom is 0.340 e. The number of carbonyl (C=O) groups excluding carboxylic acids is 2. The second-order valence-corrected chi connectivity index (χ2v) is 4.51. The van der Waals surface area contributed by atoms with Gasteiger partial charge in [-0.25, -0.2) is 4.79 Å². The summed E-state index contributed by atoms with van der Waals surface area (Å²) >= 11 is 0. The van der Waals surface area contributed by atoms with Gasteiger partial charge in [0.1, 0.15) is 5.75 Å². The van der Waals surface area contributed by atoms with E-state index in [0.717, 1.165) is 0 Å². The Morgan fingerprint density at radius 3 is 2.50 bits per heavy atom. The molecule has 1 heterocycles. The molecule has 2 rings (SSSR count). The molecule has 0 saturated heterocycles. The van der Waals surface area contributed by atoms with Crippen molar-refractivity contribution in [2.24, 2.45) is 0 Å². The number of rotatable bonds is 5. The third kappa shape index (κ3) is 4.05. The van der Waals surface area contributed by atoms with E-state index in [-0.39, 0.29) is 0 Å². The van der Waals surface area contributed by atoms with Crippen molar-refractivity contribution in [2.45, 2.75) is 13.0 Å². The molecule has 0 aliphatic heterocycles. The summed E-state index contributed by atoms with van der Waals surface area (Å²) in [6, 6.07) is 10.0. The summed E-state index contributed by atoms with van der Waals surface area (Å²) in [7, 11) is 1.56. The molecule has 1 amide bonds. The minimum atomic E-state index is -0.921. The maximum atomic E-state index is 12.0. The molecule has 6 nitrogen and oxygen atoms in total. The third-order valence-electron chi connectivity index (χ3n) is 2.91. The summed E-state index contributed by atoms with van der Waals surface area (Å²) in [5.41, 5.74) is 0.890. The predicted octanol–water partition coefficient (Wildman–Crippen LogP) is 2.27. The molecule has 1 unspecified atom stereocenters. The highest BCUT2D eigenvalue weighted by atomic mass is 16.5. The number of carbonyl (C=O) groups is 2. The molecule has 22 heavy (non-hydrogen) atoms. The Balaban J connectivity index is 1.92. The number of amides is 1. The Labute approximate surface area is 128 Å². The number of aromatic nitrogens is 1. The normalized spacial score (nSPS) is 11.4. The summed E-state index contributed by atoms with van der Waals surface area (Å²) in [5.74, 6) is -0.318. The van der Waals surface area contributed by atoms with Crippen molar-refractivity contribution in [3.05, 3.63) is 54.4 Å². The second kappa shape index (κ2) is 7.21. The number of methoxy groups -OCH3 is 1. The smallest absolute Gasteiger partial charge is 0.340 e. The lowest BCUT2D eigenvalue weighted by molar-refractivity contribution is -0.123. The van der Waals surface area contributed by atoms with Gasteiger partial charge in [0.2, 0.25) is 0 Å². The highest BCUT2D eigenvalue weighted by Crippen LogP contribution is 2.15. The zero-order valence-corrected chi connectivity index (χ0v) is 12.3. The molecule has 1 aromatic carbocycles. The van der Waals surface area contributed by atoms with Crippen molar-refractivity contribution < 1.29 is 19.1 Å². The zero-order valence-electron chi connectivity index (χ0n) is 12.3. The Bertz CT molecular complexity index is 641. The number of pyridine rings is 1. The van der Waals surface area contributed by atoms with Crippen LogP contribution < -0.4 is 10.1 Å². The van der Waals surface area contributed by atoms with E-state index >= 15 is 0 Å². The summed E-state index contributed by atoms with van der Waals surface area (Å²) in [6.07, 6.45) is 2.02. The number of nitrogens with zero attached hydrogens (tertiary/aromatic N) is 1. The van der Waals surface area contributed by atoms with Gasteiger partial charge < -0.3 is 14.8 Å². The van der Waals surface area contributed by atoms with Gasteiger partial charge in [-0.3, -0.25) is 9.78 Å². The van der Waals surface area contributed by atoms with E-state index in [4.69, 9.17) is 9.47 Å². The van der Waals surface area contributed by atoms with Crippen molar-refractivity contribution in [3.63, 3.8) is 0 Å². The quantitative estimate of drug-likeness (QED) is 0.857. The number of ether oxygens (including phenoxy) is 2. The van der Waals surface area contributed by atoms with Crippen LogP contribution >= 0.6 is 0 Å². The summed E-state index contributed by atoms with van der Waals surface area (Å²) in [4.78, 5) is 27.7. The van der Waals surface area contributed by atoms with E-state index in [1.165, 1.54) is 13.1 Å². The van der Waals surface area contributed by atoms with Crippen LogP contribution in [-0.2, 0) is 9.53 Å². The van der Waals surface area contributed by atoms with Crippen molar-refractivity contribution in [1.82, 2.24) is 4.98 Å². The molecule has 114 valence electrons. The number of esters is 1. The molecule has 1 aromatic heterocycles. The fraction of sp³-hybridized carbons (Fsp3) is 0.188. The van der Waals surface area contributed by atoms with Crippen LogP contribution in [0.4, 0.5) is 5.69 Å². The molecule has 0 saturated carbocycles. The van der Waals surface area contributed by atoms with Crippen LogP contribution in [0.25, 0.3) is 0 Å². The first-order valence-electron chi connectivity index (χ1n) is 6.66. The lowest BCUT2D eigenvalue weighted by atomic mass is 10.2. The van der Waals surface area contributed by atoms with Gasteiger partial charge >= 0.3 is 5.97 Å². The maximum absolute atomic E-state index is 12.0. The lowest BCUT2D eigenvalue weighted by Crippen LogP contribution is -2.30. The first-order chi connectivity index (χ1) is 10.6. The van der Waals surface area contributed by atoms with Crippen molar-refractivity contribution in [3.8, 4) is 5.75 Å². The first kappa shape index (κ1) is 15.5. The molecule has 2 aromatic rings. The molecule has 0 bridgehead atoms. The number of hydrogen-bond acceptors (Lipinski definition) is 5. The summed E-state index contributed by atoms with van der Waals surface area (Å²) in [6.45, 7) is 1.51. The van der Waals surface area contributed by atoms with Crippen LogP contribution in [0.15, 0.2) is 48.8 Å². The van der Waals surface area contributed by atoms with E-state index in [1.54, 1.807) is 49.7 Å². The molecule has 1 atom stereocenters. The molecule has 0 radical (unpaired) electrons. The summed E-state index contributed by atoms with van der Waals surface area (Å²) in [5, 5.41) is 2.66. The predicted molar refractivity (Wildman–Crippen MR) is 80.7 cm³/mol. The zero-order chi connectivity index (χ0) is 15.9. The third-order valence-corrected chi connectivity index (χ3v) is 2.91. The molecule has 1 N–H and O–H groups in total. The van der Waals surface area contributed by atoms with Gasteiger partial charge in [0, 0.05) is 18.1 Å². The van der Waals surface area contributed by atoms with Gasteiger partial charge in [0.05, 0.1) is 12.7 Å². The van der Waals surface area contributed by atoms with Crippen LogP contribution in [-0.4, -0.2) is 30.1 Å². The standard InChI is InChI=1S/C16H16N2O4/c1-11(22-16(20)12-4-3-9-17-10-12)15(19)18-13-5-7-14(21-2)8-6-13/h3-11H,1-2H3,(H,18,19). The van der Waals surface area contributed by atoms with E-state index in [2.05, 4.69) is 10.3 Å². The van der Waals surface area contributed by atoms with Crippen LogP contribution in [0.1, 0.15) is 17.3 Å². The topological polar surface area (TPSA) is 77.5 Å². The van der Waals surface area contributed by atoms with E-state index in [9.17, 15) is 9.59 Å². The fourth-order valence-electron chi connectivity index (χ4n) is 1.68. The van der Waals surface area contributed by atoms with Crippen LogP contribution in [0, 0.1) is 0 Å². The van der Waals surface area contributed by atoms with Crippen LogP contribution in [0.5, 0.6) is 5.75 Å². The van der Waals surface area contributed by atoms with Crippen LogP contribution in [0.3, 0.4) is 0 Å². The minimum absolute atomic E-state index is 0.298. The Kier molecular flexibility index (Phi) is 5.08. The summed E-state index contributed by atoms with van der Waals surface area (Å²) < 4.78 is 10.1. The van der Waals surface area contributed by atoms with Crippen molar-refractivity contribution in [2.75, 3.05) is 12.4 Å². The Morgan fingerprint density at radius 1 is 1.18 bits per heavy atom. The van der Waals surface area contributed by atoms with Crippen molar-refractivity contribution >= 4 is 17.6 Å². The largest absolute Gasteiger partial charge is 0.497 e. The van der Waals surface area contributed by atoms with E-state index in [0.29, 0.717) is 17.0 Å². The highest BCUT2D eigenvalue weighted by Gasteiger charge is 2.19. The molecule has 0 aliphatic rings. The van der Waals surface area contributed by atoms with Gasteiger partial charge in [-0.05, 0) is 43.3 Å². The van der Waals surface area contributed by atoms with Gasteiger partial charge in [0.25, 0.3) is 5.91 Å². The molecule has 0 fully saturated rings.